The SMILES string of the molecule is [2H]C(CCC)[C@@H]1OCC[C@@]2(Cc3ccc(Cl)cc3)c3c(F)ccc(F)c3OC[C@@H]12. The third-order valence-corrected chi connectivity index (χ3v) is 6.30. The van der Waals surface area contributed by atoms with Gasteiger partial charge in [-0.3, -0.25) is 0 Å². The second-order valence-electron chi connectivity index (χ2n) is 7.72. The molecular formula is C23H25ClF2O2. The van der Waals surface area contributed by atoms with E-state index in [4.69, 9.17) is 22.4 Å². The lowest BCUT2D eigenvalue weighted by Gasteiger charge is -2.51. The minimum atomic E-state index is -0.691. The first-order chi connectivity index (χ1) is 14.0. The first-order valence-corrected chi connectivity index (χ1v) is 10.2. The predicted molar refractivity (Wildman–Crippen MR) is 106 cm³/mol. The zero-order valence-corrected chi connectivity index (χ0v) is 16.6. The first kappa shape index (κ1) is 18.4. The number of fused-ring (bicyclic) bond motifs is 3. The molecule has 1 unspecified atom stereocenters. The van der Waals surface area contributed by atoms with Crippen LogP contribution in [0.4, 0.5) is 8.78 Å². The van der Waals surface area contributed by atoms with Crippen molar-refractivity contribution in [2.24, 2.45) is 5.92 Å². The maximum absolute atomic E-state index is 15.2. The minimum Gasteiger partial charge on any atom is -0.490 e. The molecule has 0 spiro atoms. The lowest BCUT2D eigenvalue weighted by molar-refractivity contribution is -0.0992. The van der Waals surface area contributed by atoms with Crippen LogP contribution in [0.5, 0.6) is 5.75 Å². The van der Waals surface area contributed by atoms with Crippen LogP contribution in [-0.2, 0) is 16.6 Å². The second-order valence-corrected chi connectivity index (χ2v) is 8.16. The van der Waals surface area contributed by atoms with Crippen LogP contribution in [0.2, 0.25) is 5.02 Å². The van der Waals surface area contributed by atoms with Crippen LogP contribution in [0.1, 0.15) is 45.1 Å². The lowest BCUT2D eigenvalue weighted by atomic mass is 9.60. The highest BCUT2D eigenvalue weighted by atomic mass is 35.5. The van der Waals surface area contributed by atoms with Crippen molar-refractivity contribution in [1.82, 2.24) is 0 Å². The maximum Gasteiger partial charge on any atom is 0.165 e. The van der Waals surface area contributed by atoms with Crippen molar-refractivity contribution in [3.63, 3.8) is 0 Å². The highest BCUT2D eigenvalue weighted by molar-refractivity contribution is 6.30. The van der Waals surface area contributed by atoms with Crippen LogP contribution in [-0.4, -0.2) is 19.3 Å². The van der Waals surface area contributed by atoms with E-state index in [1.165, 1.54) is 6.07 Å². The van der Waals surface area contributed by atoms with E-state index in [0.29, 0.717) is 36.5 Å². The molecule has 2 aliphatic rings. The Balaban J connectivity index is 1.84. The molecule has 0 amide bonds. The van der Waals surface area contributed by atoms with E-state index < -0.39 is 23.4 Å². The topological polar surface area (TPSA) is 18.5 Å². The summed E-state index contributed by atoms with van der Waals surface area (Å²) in [6.45, 7) is 2.65. The number of ether oxygens (including phenoxy) is 2. The molecule has 0 bridgehead atoms. The van der Waals surface area contributed by atoms with E-state index in [0.717, 1.165) is 18.1 Å². The molecule has 0 N–H and O–H groups in total. The summed E-state index contributed by atoms with van der Waals surface area (Å²) in [5, 5.41) is 0.631. The fraction of sp³-hybridized carbons (Fsp3) is 0.478. The van der Waals surface area contributed by atoms with Crippen molar-refractivity contribution in [1.29, 1.82) is 0 Å². The van der Waals surface area contributed by atoms with Crippen LogP contribution in [0.3, 0.4) is 0 Å². The van der Waals surface area contributed by atoms with E-state index >= 15 is 4.39 Å². The van der Waals surface area contributed by atoms with E-state index in [-0.39, 0.29) is 24.4 Å². The van der Waals surface area contributed by atoms with Crippen LogP contribution in [0.25, 0.3) is 0 Å². The molecule has 2 heterocycles. The number of halogens is 3. The highest BCUT2D eigenvalue weighted by Gasteiger charge is 2.53. The van der Waals surface area contributed by atoms with Gasteiger partial charge in [0.25, 0.3) is 0 Å². The van der Waals surface area contributed by atoms with E-state index in [1.807, 2.05) is 31.2 Å². The van der Waals surface area contributed by atoms with E-state index in [1.54, 1.807) is 0 Å². The average molecular weight is 408 g/mol. The van der Waals surface area contributed by atoms with Crippen molar-refractivity contribution in [3.05, 3.63) is 64.2 Å². The van der Waals surface area contributed by atoms with Crippen molar-refractivity contribution < 1.29 is 19.6 Å². The summed E-state index contributed by atoms with van der Waals surface area (Å²) in [6.07, 6.45) is 1.81. The van der Waals surface area contributed by atoms with Gasteiger partial charge in [0.1, 0.15) is 5.82 Å². The Labute approximate surface area is 171 Å². The molecule has 0 aliphatic carbocycles. The molecular weight excluding hydrogens is 382 g/mol. The molecule has 2 nitrogen and oxygen atoms in total. The first-order valence-electron chi connectivity index (χ1n) is 10.4. The van der Waals surface area contributed by atoms with Gasteiger partial charge in [0.15, 0.2) is 11.6 Å². The molecule has 0 aromatic heterocycles. The average Bonchev–Trinajstić information content (AvgIpc) is 2.71. The molecule has 4 rings (SSSR count). The Morgan fingerprint density at radius 2 is 1.93 bits per heavy atom. The van der Waals surface area contributed by atoms with Crippen molar-refractivity contribution >= 4 is 11.6 Å². The van der Waals surface area contributed by atoms with Crippen molar-refractivity contribution in [3.8, 4) is 5.75 Å². The maximum atomic E-state index is 15.2. The van der Waals surface area contributed by atoms with E-state index in [2.05, 4.69) is 0 Å². The summed E-state index contributed by atoms with van der Waals surface area (Å²) in [7, 11) is 0. The summed E-state index contributed by atoms with van der Waals surface area (Å²) >= 11 is 6.04. The van der Waals surface area contributed by atoms with Gasteiger partial charge in [-0.25, -0.2) is 8.78 Å². The molecule has 0 radical (unpaired) electrons. The number of rotatable bonds is 5. The Morgan fingerprint density at radius 3 is 2.68 bits per heavy atom. The zero-order valence-electron chi connectivity index (χ0n) is 16.9. The van der Waals surface area contributed by atoms with Crippen molar-refractivity contribution in [2.45, 2.75) is 50.5 Å². The smallest absolute Gasteiger partial charge is 0.165 e. The fourth-order valence-electron chi connectivity index (χ4n) is 4.71. The summed E-state index contributed by atoms with van der Waals surface area (Å²) in [5.41, 5.74) is 0.595. The van der Waals surface area contributed by atoms with Crippen LogP contribution in [0.15, 0.2) is 36.4 Å². The second kappa shape index (κ2) is 8.00. The van der Waals surface area contributed by atoms with Gasteiger partial charge in [-0.05, 0) is 49.1 Å². The van der Waals surface area contributed by atoms with Gasteiger partial charge in [0, 0.05) is 29.9 Å². The molecule has 0 saturated carbocycles. The standard InChI is InChI=1S/C23H25ClF2O2/c1-2-3-4-20-17-14-28-22-19(26)10-9-18(25)21(22)23(17,11-12-27-20)13-15-5-7-16(24)8-6-15/h5-10,17,20H,2-4,11-14H2,1H3/t17-,20-,23-/m0/s1/i4D/t4?,17-,20-,23-. The predicted octanol–water partition coefficient (Wildman–Crippen LogP) is 6.09. The normalized spacial score (nSPS) is 27.9. The molecule has 2 aromatic carbocycles. The molecule has 2 aromatic rings. The van der Waals surface area contributed by atoms with Crippen LogP contribution in [0, 0.1) is 17.6 Å². The lowest BCUT2D eigenvalue weighted by Crippen LogP contribution is -2.54. The Morgan fingerprint density at radius 1 is 1.18 bits per heavy atom. The summed E-state index contributed by atoms with van der Waals surface area (Å²) in [4.78, 5) is 0. The van der Waals surface area contributed by atoms with Gasteiger partial charge in [-0.1, -0.05) is 43.5 Å². The van der Waals surface area contributed by atoms with Gasteiger partial charge < -0.3 is 9.47 Å². The monoisotopic (exact) mass is 407 g/mol. The molecule has 4 atom stereocenters. The largest absolute Gasteiger partial charge is 0.490 e. The molecule has 150 valence electrons. The summed E-state index contributed by atoms with van der Waals surface area (Å²) in [5.74, 6) is -1.23. The fourth-order valence-corrected chi connectivity index (χ4v) is 4.83. The van der Waals surface area contributed by atoms with Gasteiger partial charge in [-0.2, -0.15) is 0 Å². The quantitative estimate of drug-likeness (QED) is 0.597. The van der Waals surface area contributed by atoms with Gasteiger partial charge in [-0.15, -0.1) is 0 Å². The van der Waals surface area contributed by atoms with Gasteiger partial charge in [0.2, 0.25) is 0 Å². The molecule has 5 heteroatoms. The third kappa shape index (κ3) is 3.42. The zero-order chi connectivity index (χ0) is 20.6. The summed E-state index contributed by atoms with van der Waals surface area (Å²) in [6, 6.07) is 9.77. The minimum absolute atomic E-state index is 0.00730. The Hall–Kier alpha value is -1.65. The molecule has 2 aliphatic heterocycles. The molecule has 1 saturated heterocycles. The van der Waals surface area contributed by atoms with Gasteiger partial charge >= 0.3 is 0 Å². The van der Waals surface area contributed by atoms with Gasteiger partial charge in [0.05, 0.1) is 12.7 Å². The van der Waals surface area contributed by atoms with Crippen LogP contribution < -0.4 is 4.74 Å². The van der Waals surface area contributed by atoms with Crippen LogP contribution >= 0.6 is 11.6 Å². The Kier molecular flexibility index (Phi) is 5.25. The highest BCUT2D eigenvalue weighted by Crippen LogP contribution is 2.52. The van der Waals surface area contributed by atoms with Crippen molar-refractivity contribution in [2.75, 3.05) is 13.2 Å². The Bertz CT molecular complexity index is 876. The number of benzene rings is 2. The number of hydrogen-bond acceptors (Lipinski definition) is 2. The number of hydrogen-bond donors (Lipinski definition) is 0. The molecule has 1 fully saturated rings. The third-order valence-electron chi connectivity index (χ3n) is 6.05. The summed E-state index contributed by atoms with van der Waals surface area (Å²) < 4.78 is 50.1. The molecule has 28 heavy (non-hydrogen) atoms. The van der Waals surface area contributed by atoms with E-state index in [9.17, 15) is 4.39 Å².